The zero-order chi connectivity index (χ0) is 22.0. The van der Waals surface area contributed by atoms with Crippen LogP contribution in [-0.2, 0) is 14.6 Å². The van der Waals surface area contributed by atoms with Gasteiger partial charge in [-0.2, -0.15) is 0 Å². The first kappa shape index (κ1) is 20.5. The standard InChI is InChI=1S/C21H18N4O5S/c1-3-31(27,28)19-8-7-13(12-23-19)30-18-11-17-16(10-14(18)21(26)29-2)24-20(25-17)15-6-4-5-9-22-15/h4-12H,3H2,1-2H3,(H,24,25). The summed E-state index contributed by atoms with van der Waals surface area (Å²) in [5.74, 6) is 0.367. The Hall–Kier alpha value is -3.79. The summed E-state index contributed by atoms with van der Waals surface area (Å²) in [6.45, 7) is 1.54. The highest BCUT2D eigenvalue weighted by Crippen LogP contribution is 2.31. The van der Waals surface area contributed by atoms with Gasteiger partial charge in [-0.3, -0.25) is 4.98 Å². The fraction of sp³-hybridized carbons (Fsp3) is 0.143. The van der Waals surface area contributed by atoms with Gasteiger partial charge in [0.2, 0.25) is 0 Å². The fourth-order valence-electron chi connectivity index (χ4n) is 2.90. The van der Waals surface area contributed by atoms with Gasteiger partial charge in [0, 0.05) is 12.3 Å². The number of nitrogens with zero attached hydrogens (tertiary/aromatic N) is 3. The van der Waals surface area contributed by atoms with Crippen LogP contribution >= 0.6 is 0 Å². The number of nitrogens with one attached hydrogen (secondary N) is 1. The third kappa shape index (κ3) is 4.10. The molecule has 0 unspecified atom stereocenters. The predicted octanol–water partition coefficient (Wildman–Crippen LogP) is 3.39. The fourth-order valence-corrected chi connectivity index (χ4v) is 3.69. The molecule has 0 aliphatic carbocycles. The zero-order valence-corrected chi connectivity index (χ0v) is 17.5. The number of hydrogen-bond donors (Lipinski definition) is 1. The van der Waals surface area contributed by atoms with Gasteiger partial charge in [0.25, 0.3) is 0 Å². The van der Waals surface area contributed by atoms with Gasteiger partial charge >= 0.3 is 5.97 Å². The minimum atomic E-state index is -3.43. The molecule has 4 rings (SSSR count). The van der Waals surface area contributed by atoms with Crippen LogP contribution in [-0.4, -0.2) is 47.2 Å². The van der Waals surface area contributed by atoms with Gasteiger partial charge in [-0.15, -0.1) is 0 Å². The predicted molar refractivity (Wildman–Crippen MR) is 113 cm³/mol. The molecule has 1 N–H and O–H groups in total. The topological polar surface area (TPSA) is 124 Å². The van der Waals surface area contributed by atoms with Crippen molar-refractivity contribution in [3.05, 3.63) is 60.4 Å². The second-order valence-electron chi connectivity index (χ2n) is 6.50. The number of aromatic nitrogens is 4. The molecule has 0 saturated heterocycles. The van der Waals surface area contributed by atoms with E-state index in [0.29, 0.717) is 22.6 Å². The highest BCUT2D eigenvalue weighted by atomic mass is 32.2. The number of ether oxygens (including phenoxy) is 2. The lowest BCUT2D eigenvalue weighted by Crippen LogP contribution is -2.06. The molecule has 158 valence electrons. The van der Waals surface area contributed by atoms with Crippen LogP contribution in [0.3, 0.4) is 0 Å². The van der Waals surface area contributed by atoms with E-state index in [0.717, 1.165) is 0 Å². The number of fused-ring (bicyclic) bond motifs is 1. The minimum absolute atomic E-state index is 0.0421. The second-order valence-corrected chi connectivity index (χ2v) is 8.72. The summed E-state index contributed by atoms with van der Waals surface area (Å²) < 4.78 is 34.6. The van der Waals surface area contributed by atoms with E-state index in [-0.39, 0.29) is 27.8 Å². The molecule has 9 nitrogen and oxygen atoms in total. The maximum absolute atomic E-state index is 12.3. The molecule has 0 aliphatic rings. The number of sulfone groups is 1. The van der Waals surface area contributed by atoms with Crippen molar-refractivity contribution < 1.29 is 22.7 Å². The normalized spacial score (nSPS) is 11.4. The molecule has 0 atom stereocenters. The number of benzene rings is 1. The molecule has 0 spiro atoms. The Bertz CT molecular complexity index is 1350. The Labute approximate surface area is 178 Å². The molecular formula is C21H18N4O5S. The number of carbonyl (C=O) groups is 1. The first-order chi connectivity index (χ1) is 14.9. The summed E-state index contributed by atoms with van der Waals surface area (Å²) >= 11 is 0. The maximum atomic E-state index is 12.3. The van der Waals surface area contributed by atoms with Gasteiger partial charge in [0.15, 0.2) is 20.7 Å². The molecule has 3 heterocycles. The second kappa shape index (κ2) is 8.15. The summed E-state index contributed by atoms with van der Waals surface area (Å²) in [5.41, 5.74) is 1.98. The highest BCUT2D eigenvalue weighted by molar-refractivity contribution is 7.91. The van der Waals surface area contributed by atoms with Crippen LogP contribution in [0.1, 0.15) is 17.3 Å². The zero-order valence-electron chi connectivity index (χ0n) is 16.7. The summed E-state index contributed by atoms with van der Waals surface area (Å²) in [6.07, 6.45) is 2.95. The van der Waals surface area contributed by atoms with Crippen LogP contribution in [0, 0.1) is 0 Å². The van der Waals surface area contributed by atoms with Crippen molar-refractivity contribution in [3.63, 3.8) is 0 Å². The SMILES string of the molecule is CCS(=O)(=O)c1ccc(Oc2cc3[nH]c(-c4ccccn4)nc3cc2C(=O)OC)cn1. The number of carbonyl (C=O) groups excluding carboxylic acids is 1. The number of H-pyrrole nitrogens is 1. The van der Waals surface area contributed by atoms with E-state index >= 15 is 0 Å². The van der Waals surface area contributed by atoms with Crippen LogP contribution in [0.25, 0.3) is 22.6 Å². The first-order valence-electron chi connectivity index (χ1n) is 9.31. The molecule has 3 aromatic heterocycles. The first-order valence-corrected chi connectivity index (χ1v) is 11.0. The molecule has 1 aromatic carbocycles. The summed E-state index contributed by atoms with van der Waals surface area (Å²) in [7, 11) is -2.16. The molecule has 0 amide bonds. The Balaban J connectivity index is 1.74. The van der Waals surface area contributed by atoms with Gasteiger partial charge < -0.3 is 14.5 Å². The third-order valence-electron chi connectivity index (χ3n) is 4.53. The molecule has 0 radical (unpaired) electrons. The van der Waals surface area contributed by atoms with E-state index in [1.807, 2.05) is 12.1 Å². The number of hydrogen-bond acceptors (Lipinski definition) is 8. The molecule has 0 fully saturated rings. The number of rotatable bonds is 6. The van der Waals surface area contributed by atoms with Crippen LogP contribution in [0.4, 0.5) is 0 Å². The highest BCUT2D eigenvalue weighted by Gasteiger charge is 2.19. The Kier molecular flexibility index (Phi) is 5.38. The van der Waals surface area contributed by atoms with Crippen molar-refractivity contribution in [2.45, 2.75) is 11.9 Å². The maximum Gasteiger partial charge on any atom is 0.341 e. The monoisotopic (exact) mass is 438 g/mol. The van der Waals surface area contributed by atoms with Crippen LogP contribution < -0.4 is 4.74 Å². The van der Waals surface area contributed by atoms with Crippen molar-refractivity contribution >= 4 is 26.8 Å². The molecule has 0 bridgehead atoms. The van der Waals surface area contributed by atoms with Gasteiger partial charge in [-0.05, 0) is 30.3 Å². The van der Waals surface area contributed by atoms with Gasteiger partial charge in [-0.25, -0.2) is 23.2 Å². The quantitative estimate of drug-likeness (QED) is 0.454. The van der Waals surface area contributed by atoms with Crippen molar-refractivity contribution in [3.8, 4) is 23.0 Å². The Morgan fingerprint density at radius 1 is 1.13 bits per heavy atom. The average Bonchev–Trinajstić information content (AvgIpc) is 3.22. The number of esters is 1. The van der Waals surface area contributed by atoms with Crippen molar-refractivity contribution in [1.82, 2.24) is 19.9 Å². The molecule has 0 saturated carbocycles. The van der Waals surface area contributed by atoms with Gasteiger partial charge in [0.05, 0.1) is 30.1 Å². The van der Waals surface area contributed by atoms with Gasteiger partial charge in [0.1, 0.15) is 22.8 Å². The minimum Gasteiger partial charge on any atom is -0.465 e. The van der Waals surface area contributed by atoms with E-state index < -0.39 is 15.8 Å². The lowest BCUT2D eigenvalue weighted by atomic mass is 10.1. The lowest BCUT2D eigenvalue weighted by molar-refractivity contribution is 0.0598. The van der Waals surface area contributed by atoms with Crippen molar-refractivity contribution in [2.75, 3.05) is 12.9 Å². The molecule has 31 heavy (non-hydrogen) atoms. The van der Waals surface area contributed by atoms with E-state index in [2.05, 4.69) is 19.9 Å². The molecule has 10 heteroatoms. The largest absolute Gasteiger partial charge is 0.465 e. The van der Waals surface area contributed by atoms with E-state index in [1.165, 1.54) is 25.4 Å². The molecule has 4 aromatic rings. The molecular weight excluding hydrogens is 420 g/mol. The lowest BCUT2D eigenvalue weighted by Gasteiger charge is -2.10. The number of aromatic amines is 1. The Morgan fingerprint density at radius 3 is 2.61 bits per heavy atom. The van der Waals surface area contributed by atoms with Crippen molar-refractivity contribution in [2.24, 2.45) is 0 Å². The van der Waals surface area contributed by atoms with Crippen molar-refractivity contribution in [1.29, 1.82) is 0 Å². The summed E-state index contributed by atoms with van der Waals surface area (Å²) in [6, 6.07) is 11.5. The number of imidazole rings is 1. The van der Waals surface area contributed by atoms with Gasteiger partial charge in [-0.1, -0.05) is 13.0 Å². The van der Waals surface area contributed by atoms with Crippen LogP contribution in [0.15, 0.2) is 59.9 Å². The third-order valence-corrected chi connectivity index (χ3v) is 6.17. The summed E-state index contributed by atoms with van der Waals surface area (Å²) in [4.78, 5) is 28.2. The average molecular weight is 438 g/mol. The number of methoxy groups -OCH3 is 1. The smallest absolute Gasteiger partial charge is 0.341 e. The van der Waals surface area contributed by atoms with Crippen LogP contribution in [0.2, 0.25) is 0 Å². The number of pyridine rings is 2. The Morgan fingerprint density at radius 2 is 1.97 bits per heavy atom. The van der Waals surface area contributed by atoms with E-state index in [9.17, 15) is 13.2 Å². The van der Waals surface area contributed by atoms with E-state index in [1.54, 1.807) is 31.3 Å². The summed E-state index contributed by atoms with van der Waals surface area (Å²) in [5, 5.41) is -0.0421. The van der Waals surface area contributed by atoms with E-state index in [4.69, 9.17) is 9.47 Å². The van der Waals surface area contributed by atoms with Crippen LogP contribution in [0.5, 0.6) is 11.5 Å². The molecule has 0 aliphatic heterocycles.